The Labute approximate surface area is 123 Å². The Kier molecular flexibility index (Phi) is 4.12. The molecule has 0 saturated carbocycles. The molecule has 21 heavy (non-hydrogen) atoms. The number of hydrogen-bond donors (Lipinski definition) is 1. The predicted octanol–water partition coefficient (Wildman–Crippen LogP) is 2.14. The van der Waals surface area contributed by atoms with Crippen molar-refractivity contribution >= 4 is 10.9 Å². The van der Waals surface area contributed by atoms with Gasteiger partial charge in [0.2, 0.25) is 0 Å². The molecule has 0 saturated heterocycles. The maximum atomic E-state index is 5.82. The second-order valence-corrected chi connectivity index (χ2v) is 4.81. The molecule has 0 radical (unpaired) electrons. The number of fused-ring (bicyclic) bond motifs is 1. The van der Waals surface area contributed by atoms with Crippen LogP contribution in [0.3, 0.4) is 0 Å². The van der Waals surface area contributed by atoms with Crippen LogP contribution in [-0.2, 0) is 13.6 Å². The topological polar surface area (TPSA) is 52.0 Å². The van der Waals surface area contributed by atoms with E-state index in [0.29, 0.717) is 6.61 Å². The van der Waals surface area contributed by atoms with Gasteiger partial charge < -0.3 is 14.6 Å². The molecule has 108 valence electrons. The van der Waals surface area contributed by atoms with Gasteiger partial charge in [-0.2, -0.15) is 0 Å². The molecule has 0 aliphatic heterocycles. The van der Waals surface area contributed by atoms with Gasteiger partial charge in [0.15, 0.2) is 0 Å². The highest BCUT2D eigenvalue weighted by Crippen LogP contribution is 2.22. The van der Waals surface area contributed by atoms with E-state index in [0.717, 1.165) is 35.6 Å². The van der Waals surface area contributed by atoms with Crippen LogP contribution in [0.15, 0.2) is 48.9 Å². The minimum absolute atomic E-state index is 0.597. The number of ether oxygens (including phenoxy) is 1. The quantitative estimate of drug-likeness (QED) is 0.704. The number of aromatic nitrogens is 3. The largest absolute Gasteiger partial charge is 0.490 e. The average molecular weight is 282 g/mol. The molecule has 5 nitrogen and oxygen atoms in total. The van der Waals surface area contributed by atoms with Crippen molar-refractivity contribution in [2.45, 2.75) is 6.54 Å². The first-order chi connectivity index (χ1) is 10.3. The van der Waals surface area contributed by atoms with Gasteiger partial charge in [0, 0.05) is 37.6 Å². The fraction of sp³-hybridized carbons (Fsp3) is 0.250. The number of nitrogens with one attached hydrogen (secondary N) is 1. The van der Waals surface area contributed by atoms with E-state index >= 15 is 0 Å². The number of pyridine rings is 1. The monoisotopic (exact) mass is 282 g/mol. The molecule has 0 bridgehead atoms. The second-order valence-electron chi connectivity index (χ2n) is 4.81. The Morgan fingerprint density at radius 1 is 1.14 bits per heavy atom. The number of nitrogens with zero attached hydrogens (tertiary/aromatic N) is 3. The standard InChI is InChI=1S/C16H18N4O/c1-20-10-8-18-15(20)12-17-9-11-21-14-6-2-4-13-5-3-7-19-16(13)14/h2-8,10,17H,9,11-12H2,1H3. The molecule has 0 aliphatic rings. The van der Waals surface area contributed by atoms with Gasteiger partial charge in [-0.25, -0.2) is 4.98 Å². The third kappa shape index (κ3) is 3.20. The Bertz CT molecular complexity index is 718. The molecule has 2 aromatic heterocycles. The SMILES string of the molecule is Cn1ccnc1CNCCOc1cccc2cccnc12. The number of rotatable bonds is 6. The first-order valence-corrected chi connectivity index (χ1v) is 6.98. The maximum Gasteiger partial charge on any atom is 0.145 e. The summed E-state index contributed by atoms with van der Waals surface area (Å²) in [6.45, 7) is 2.09. The number of hydrogen-bond acceptors (Lipinski definition) is 4. The highest BCUT2D eigenvalue weighted by molar-refractivity contribution is 5.84. The van der Waals surface area contributed by atoms with Crippen molar-refractivity contribution in [1.82, 2.24) is 19.9 Å². The molecule has 0 fully saturated rings. The Morgan fingerprint density at radius 2 is 2.05 bits per heavy atom. The molecule has 5 heteroatoms. The highest BCUT2D eigenvalue weighted by atomic mass is 16.5. The fourth-order valence-electron chi connectivity index (χ4n) is 2.19. The lowest BCUT2D eigenvalue weighted by Gasteiger charge is -2.09. The smallest absolute Gasteiger partial charge is 0.145 e. The van der Waals surface area contributed by atoms with Crippen LogP contribution in [0.2, 0.25) is 0 Å². The Morgan fingerprint density at radius 3 is 2.90 bits per heavy atom. The molecule has 0 unspecified atom stereocenters. The molecule has 3 aromatic rings. The van der Waals surface area contributed by atoms with Crippen LogP contribution in [0.1, 0.15) is 5.82 Å². The minimum atomic E-state index is 0.597. The maximum absolute atomic E-state index is 5.82. The van der Waals surface area contributed by atoms with Gasteiger partial charge in [-0.05, 0) is 12.1 Å². The minimum Gasteiger partial charge on any atom is -0.490 e. The zero-order valence-electron chi connectivity index (χ0n) is 12.0. The van der Waals surface area contributed by atoms with Gasteiger partial charge in [0.25, 0.3) is 0 Å². The summed E-state index contributed by atoms with van der Waals surface area (Å²) >= 11 is 0. The van der Waals surface area contributed by atoms with Gasteiger partial charge in [-0.15, -0.1) is 0 Å². The lowest BCUT2D eigenvalue weighted by atomic mass is 10.2. The fourth-order valence-corrected chi connectivity index (χ4v) is 2.19. The van der Waals surface area contributed by atoms with E-state index in [4.69, 9.17) is 4.74 Å². The third-order valence-corrected chi connectivity index (χ3v) is 3.34. The molecule has 0 atom stereocenters. The number of para-hydroxylation sites is 1. The van der Waals surface area contributed by atoms with Crippen LogP contribution < -0.4 is 10.1 Å². The third-order valence-electron chi connectivity index (χ3n) is 3.34. The van der Waals surface area contributed by atoms with E-state index in [-0.39, 0.29) is 0 Å². The molecule has 1 N–H and O–H groups in total. The zero-order valence-corrected chi connectivity index (χ0v) is 12.0. The summed E-state index contributed by atoms with van der Waals surface area (Å²) in [6.07, 6.45) is 5.53. The number of benzene rings is 1. The van der Waals surface area contributed by atoms with E-state index in [9.17, 15) is 0 Å². The summed E-state index contributed by atoms with van der Waals surface area (Å²) in [5.74, 6) is 1.84. The highest BCUT2D eigenvalue weighted by Gasteiger charge is 2.02. The first-order valence-electron chi connectivity index (χ1n) is 6.98. The van der Waals surface area contributed by atoms with Crippen molar-refractivity contribution in [2.75, 3.05) is 13.2 Å². The van der Waals surface area contributed by atoms with Crippen LogP contribution in [-0.4, -0.2) is 27.7 Å². The average Bonchev–Trinajstić information content (AvgIpc) is 2.92. The molecule has 0 spiro atoms. The van der Waals surface area contributed by atoms with E-state index in [2.05, 4.69) is 15.3 Å². The lowest BCUT2D eigenvalue weighted by molar-refractivity contribution is 0.315. The van der Waals surface area contributed by atoms with Gasteiger partial charge in [0.1, 0.15) is 23.7 Å². The van der Waals surface area contributed by atoms with Gasteiger partial charge in [-0.3, -0.25) is 4.98 Å². The molecular formula is C16H18N4O. The van der Waals surface area contributed by atoms with Crippen molar-refractivity contribution in [1.29, 1.82) is 0 Å². The number of imidazole rings is 1. The van der Waals surface area contributed by atoms with E-state index in [1.807, 2.05) is 48.1 Å². The summed E-state index contributed by atoms with van der Waals surface area (Å²) in [7, 11) is 1.99. The molecule has 2 heterocycles. The Hall–Kier alpha value is -2.40. The van der Waals surface area contributed by atoms with Crippen LogP contribution >= 0.6 is 0 Å². The molecule has 0 aliphatic carbocycles. The van der Waals surface area contributed by atoms with Crippen LogP contribution in [0.25, 0.3) is 10.9 Å². The van der Waals surface area contributed by atoms with Gasteiger partial charge >= 0.3 is 0 Å². The molecular weight excluding hydrogens is 264 g/mol. The van der Waals surface area contributed by atoms with Gasteiger partial charge in [-0.1, -0.05) is 18.2 Å². The Balaban J connectivity index is 1.52. The molecule has 0 amide bonds. The predicted molar refractivity (Wildman–Crippen MR) is 82.2 cm³/mol. The number of aryl methyl sites for hydroxylation is 1. The summed E-state index contributed by atoms with van der Waals surface area (Å²) in [4.78, 5) is 8.64. The summed E-state index contributed by atoms with van der Waals surface area (Å²) in [6, 6.07) is 9.94. The van der Waals surface area contributed by atoms with E-state index < -0.39 is 0 Å². The van der Waals surface area contributed by atoms with E-state index in [1.54, 1.807) is 12.4 Å². The van der Waals surface area contributed by atoms with Crippen molar-refractivity contribution in [2.24, 2.45) is 7.05 Å². The van der Waals surface area contributed by atoms with Crippen molar-refractivity contribution < 1.29 is 4.74 Å². The van der Waals surface area contributed by atoms with Crippen LogP contribution in [0.4, 0.5) is 0 Å². The van der Waals surface area contributed by atoms with Gasteiger partial charge in [0.05, 0.1) is 6.54 Å². The van der Waals surface area contributed by atoms with Crippen LogP contribution in [0, 0.1) is 0 Å². The molecule has 1 aromatic carbocycles. The summed E-state index contributed by atoms with van der Waals surface area (Å²) < 4.78 is 7.82. The van der Waals surface area contributed by atoms with Crippen molar-refractivity contribution in [3.8, 4) is 5.75 Å². The van der Waals surface area contributed by atoms with Crippen LogP contribution in [0.5, 0.6) is 5.75 Å². The van der Waals surface area contributed by atoms with E-state index in [1.165, 1.54) is 0 Å². The lowest BCUT2D eigenvalue weighted by Crippen LogP contribution is -2.22. The second kappa shape index (κ2) is 6.37. The van der Waals surface area contributed by atoms with Crippen molar-refractivity contribution in [3.05, 3.63) is 54.7 Å². The molecule has 3 rings (SSSR count). The zero-order chi connectivity index (χ0) is 14.5. The van der Waals surface area contributed by atoms with Crippen molar-refractivity contribution in [3.63, 3.8) is 0 Å². The summed E-state index contributed by atoms with van der Waals surface area (Å²) in [5.41, 5.74) is 0.907. The normalized spacial score (nSPS) is 10.9. The summed E-state index contributed by atoms with van der Waals surface area (Å²) in [5, 5.41) is 4.41. The first kappa shape index (κ1) is 13.6.